The number of carbonyl (C=O) groups excluding carboxylic acids is 1. The zero-order valence-corrected chi connectivity index (χ0v) is 27.4. The molecule has 250 valence electrons. The van der Waals surface area contributed by atoms with Crippen LogP contribution in [-0.4, -0.2) is 55.8 Å². The SMILES string of the molecule is CC(C)CN(C(=O)c1ccccc1N(c1ccccc1)S(C)(=O)=O)[C@@H](Cc1ccccc1)[C@H](O)CNCc1cccc(C(F)(F)F)c1. The lowest BCUT2D eigenvalue weighted by atomic mass is 9.96. The first kappa shape index (κ1) is 35.7. The molecule has 0 unspecified atom stereocenters. The zero-order valence-electron chi connectivity index (χ0n) is 26.6. The molecule has 2 atom stereocenters. The molecule has 0 aliphatic heterocycles. The van der Waals surface area contributed by atoms with E-state index in [4.69, 9.17) is 0 Å². The molecule has 0 spiro atoms. The number of aliphatic hydroxyl groups is 1. The van der Waals surface area contributed by atoms with Crippen LogP contribution in [0, 0.1) is 5.92 Å². The Morgan fingerprint density at radius 3 is 2.06 bits per heavy atom. The molecule has 11 heteroatoms. The van der Waals surface area contributed by atoms with Crippen molar-refractivity contribution in [2.24, 2.45) is 5.92 Å². The number of alkyl halides is 3. The number of halogens is 3. The molecule has 0 bridgehead atoms. The third kappa shape index (κ3) is 9.66. The van der Waals surface area contributed by atoms with Crippen molar-refractivity contribution in [3.05, 3.63) is 131 Å². The maximum absolute atomic E-state index is 14.6. The molecule has 0 aromatic heterocycles. The number of rotatable bonds is 14. The van der Waals surface area contributed by atoms with Gasteiger partial charge in [0.25, 0.3) is 5.91 Å². The van der Waals surface area contributed by atoms with Crippen LogP contribution in [0.2, 0.25) is 0 Å². The highest BCUT2D eigenvalue weighted by molar-refractivity contribution is 7.92. The van der Waals surface area contributed by atoms with Gasteiger partial charge in [-0.3, -0.25) is 4.79 Å². The van der Waals surface area contributed by atoms with Gasteiger partial charge >= 0.3 is 6.18 Å². The maximum atomic E-state index is 14.6. The van der Waals surface area contributed by atoms with Crippen LogP contribution in [0.25, 0.3) is 0 Å². The Labute approximate surface area is 274 Å². The summed E-state index contributed by atoms with van der Waals surface area (Å²) in [7, 11) is -3.88. The summed E-state index contributed by atoms with van der Waals surface area (Å²) in [6.07, 6.45) is -4.25. The number of sulfonamides is 1. The van der Waals surface area contributed by atoms with Crippen molar-refractivity contribution in [2.75, 3.05) is 23.7 Å². The molecule has 47 heavy (non-hydrogen) atoms. The average Bonchev–Trinajstić information content (AvgIpc) is 3.02. The molecule has 2 N–H and O–H groups in total. The summed E-state index contributed by atoms with van der Waals surface area (Å²) in [5.41, 5.74) is 1.19. The number of hydrogen-bond acceptors (Lipinski definition) is 5. The van der Waals surface area contributed by atoms with Crippen LogP contribution in [0.15, 0.2) is 109 Å². The second kappa shape index (κ2) is 15.6. The molecule has 0 aliphatic rings. The Bertz CT molecular complexity index is 1720. The molecule has 0 aliphatic carbocycles. The van der Waals surface area contributed by atoms with Crippen molar-refractivity contribution in [3.8, 4) is 0 Å². The van der Waals surface area contributed by atoms with Gasteiger partial charge in [-0.05, 0) is 53.8 Å². The number of nitrogens with zero attached hydrogens (tertiary/aromatic N) is 2. The Hall–Kier alpha value is -4.19. The van der Waals surface area contributed by atoms with Crippen LogP contribution < -0.4 is 9.62 Å². The van der Waals surface area contributed by atoms with Crippen LogP contribution in [-0.2, 0) is 29.2 Å². The highest BCUT2D eigenvalue weighted by atomic mass is 32.2. The highest BCUT2D eigenvalue weighted by Gasteiger charge is 2.34. The predicted molar refractivity (Wildman–Crippen MR) is 179 cm³/mol. The molecule has 0 saturated carbocycles. The number of carbonyl (C=O) groups is 1. The van der Waals surface area contributed by atoms with Crippen molar-refractivity contribution >= 4 is 27.3 Å². The summed E-state index contributed by atoms with van der Waals surface area (Å²) < 4.78 is 67.1. The normalized spacial score (nSPS) is 13.3. The minimum absolute atomic E-state index is 0.0171. The number of amides is 1. The van der Waals surface area contributed by atoms with Gasteiger partial charge in [0.05, 0.1) is 40.9 Å². The van der Waals surface area contributed by atoms with Gasteiger partial charge in [-0.25, -0.2) is 12.7 Å². The monoisotopic (exact) mass is 667 g/mol. The first-order chi connectivity index (χ1) is 22.3. The fourth-order valence-electron chi connectivity index (χ4n) is 5.49. The Morgan fingerprint density at radius 2 is 1.45 bits per heavy atom. The number of hydrogen-bond donors (Lipinski definition) is 2. The first-order valence-electron chi connectivity index (χ1n) is 15.3. The van der Waals surface area contributed by atoms with Crippen molar-refractivity contribution in [1.29, 1.82) is 0 Å². The summed E-state index contributed by atoms with van der Waals surface area (Å²) in [6, 6.07) is 28.5. The summed E-state index contributed by atoms with van der Waals surface area (Å²) in [5, 5.41) is 14.7. The Kier molecular flexibility index (Phi) is 11.8. The van der Waals surface area contributed by atoms with Crippen LogP contribution in [0.4, 0.5) is 24.5 Å². The lowest BCUT2D eigenvalue weighted by molar-refractivity contribution is -0.137. The molecular weight excluding hydrogens is 627 g/mol. The maximum Gasteiger partial charge on any atom is 0.416 e. The third-order valence-electron chi connectivity index (χ3n) is 7.57. The van der Waals surface area contributed by atoms with E-state index in [1.165, 1.54) is 6.07 Å². The average molecular weight is 668 g/mol. The molecule has 0 saturated heterocycles. The highest BCUT2D eigenvalue weighted by Crippen LogP contribution is 2.33. The van der Waals surface area contributed by atoms with Gasteiger partial charge in [-0.15, -0.1) is 0 Å². The van der Waals surface area contributed by atoms with Crippen molar-refractivity contribution in [3.63, 3.8) is 0 Å². The van der Waals surface area contributed by atoms with E-state index in [0.29, 0.717) is 11.3 Å². The number of nitrogens with one attached hydrogen (secondary N) is 1. The van der Waals surface area contributed by atoms with Gasteiger partial charge in [0, 0.05) is 19.6 Å². The molecule has 0 heterocycles. The van der Waals surface area contributed by atoms with Gasteiger partial charge in [-0.1, -0.05) is 92.7 Å². The lowest BCUT2D eigenvalue weighted by Crippen LogP contribution is -2.52. The van der Waals surface area contributed by atoms with E-state index < -0.39 is 39.8 Å². The number of anilines is 2. The Morgan fingerprint density at radius 1 is 0.851 bits per heavy atom. The summed E-state index contributed by atoms with van der Waals surface area (Å²) in [6.45, 7) is 4.18. The fourth-order valence-corrected chi connectivity index (χ4v) is 6.51. The molecule has 1 amide bonds. The topological polar surface area (TPSA) is 90.0 Å². The van der Waals surface area contributed by atoms with Crippen LogP contribution >= 0.6 is 0 Å². The minimum Gasteiger partial charge on any atom is -0.390 e. The molecule has 0 radical (unpaired) electrons. The second-order valence-corrected chi connectivity index (χ2v) is 13.7. The minimum atomic E-state index is -4.47. The van der Waals surface area contributed by atoms with E-state index in [9.17, 15) is 31.5 Å². The van der Waals surface area contributed by atoms with Crippen molar-refractivity contribution in [2.45, 2.75) is 45.1 Å². The quantitative estimate of drug-likeness (QED) is 0.157. The van der Waals surface area contributed by atoms with Gasteiger partial charge < -0.3 is 15.3 Å². The van der Waals surface area contributed by atoms with Gasteiger partial charge in [0.2, 0.25) is 10.0 Å². The standard InChI is InChI=1S/C36H40F3N3O4S/c1-26(2)25-41(35(44)31-19-10-11-20-32(31)42(47(3,45)46)30-17-8-5-9-18-30)33(22-27-13-6-4-7-14-27)34(43)24-40-23-28-15-12-16-29(21-28)36(37,38)39/h4-21,26,33-34,40,43H,22-25H2,1-3H3/t33-,34+/m0/s1. The Balaban J connectivity index is 1.70. The van der Waals surface area contributed by atoms with Crippen molar-refractivity contribution in [1.82, 2.24) is 10.2 Å². The second-order valence-electron chi connectivity index (χ2n) is 11.9. The van der Waals surface area contributed by atoms with Gasteiger partial charge in [-0.2, -0.15) is 13.2 Å². The van der Waals surface area contributed by atoms with E-state index in [1.54, 1.807) is 65.6 Å². The molecule has 4 aromatic carbocycles. The van der Waals surface area contributed by atoms with Crippen molar-refractivity contribution < 1.29 is 31.5 Å². The van der Waals surface area contributed by atoms with Crippen LogP contribution in [0.1, 0.15) is 40.9 Å². The van der Waals surface area contributed by atoms with E-state index in [2.05, 4.69) is 5.32 Å². The summed E-state index contributed by atoms with van der Waals surface area (Å²) in [5.74, 6) is -0.480. The summed E-state index contributed by atoms with van der Waals surface area (Å²) >= 11 is 0. The largest absolute Gasteiger partial charge is 0.416 e. The van der Waals surface area contributed by atoms with E-state index in [0.717, 1.165) is 28.3 Å². The van der Waals surface area contributed by atoms with Crippen LogP contribution in [0.5, 0.6) is 0 Å². The zero-order chi connectivity index (χ0) is 34.2. The molecule has 4 aromatic rings. The molecule has 0 fully saturated rings. The fraction of sp³-hybridized carbons (Fsp3) is 0.306. The number of aliphatic hydroxyl groups excluding tert-OH is 1. The smallest absolute Gasteiger partial charge is 0.390 e. The van der Waals surface area contributed by atoms with Gasteiger partial charge in [0.1, 0.15) is 0 Å². The summed E-state index contributed by atoms with van der Waals surface area (Å²) in [4.78, 5) is 16.2. The molecule has 4 rings (SSSR count). The number of para-hydroxylation sites is 2. The third-order valence-corrected chi connectivity index (χ3v) is 8.64. The molecular formula is C36H40F3N3O4S. The lowest BCUT2D eigenvalue weighted by Gasteiger charge is -2.37. The van der Waals surface area contributed by atoms with E-state index >= 15 is 0 Å². The predicted octanol–water partition coefficient (Wildman–Crippen LogP) is 6.66. The van der Waals surface area contributed by atoms with E-state index in [1.807, 2.05) is 44.2 Å². The van der Waals surface area contributed by atoms with E-state index in [-0.39, 0.29) is 43.2 Å². The first-order valence-corrected chi connectivity index (χ1v) is 17.1. The van der Waals surface area contributed by atoms with Crippen LogP contribution in [0.3, 0.4) is 0 Å². The van der Waals surface area contributed by atoms with Gasteiger partial charge in [0.15, 0.2) is 0 Å². The molecule has 7 nitrogen and oxygen atoms in total. The number of benzene rings is 4.